The van der Waals surface area contributed by atoms with Crippen molar-refractivity contribution in [2.75, 3.05) is 0 Å². The number of nitrogens with two attached hydrogens (primary N) is 1. The molecule has 10 rings (SSSR count). The summed E-state index contributed by atoms with van der Waals surface area (Å²) in [5.41, 5.74) is 14.1. The number of nitrogens with zero attached hydrogens (tertiary/aromatic N) is 2. The average molecular weight is 736 g/mol. The molecule has 0 unspecified atom stereocenters. The first-order chi connectivity index (χ1) is 28.1. The van der Waals surface area contributed by atoms with Crippen molar-refractivity contribution in [3.8, 4) is 5.75 Å². The molecule has 272 valence electrons. The van der Waals surface area contributed by atoms with E-state index >= 15 is 0 Å². The van der Waals surface area contributed by atoms with Crippen LogP contribution in [0.3, 0.4) is 0 Å². The van der Waals surface area contributed by atoms with Gasteiger partial charge in [-0.25, -0.2) is 4.99 Å². The van der Waals surface area contributed by atoms with Crippen LogP contribution in [0.1, 0.15) is 27.8 Å². The zero-order valence-corrected chi connectivity index (χ0v) is 31.2. The predicted octanol–water partition coefficient (Wildman–Crippen LogP) is 12.5. The van der Waals surface area contributed by atoms with Crippen molar-refractivity contribution in [3.63, 3.8) is 0 Å². The second-order valence-corrected chi connectivity index (χ2v) is 14.4. The minimum atomic E-state index is 0.359. The Balaban J connectivity index is 1.05. The minimum Gasteiger partial charge on any atom is -0.456 e. The molecule has 57 heavy (non-hydrogen) atoms. The van der Waals surface area contributed by atoms with Crippen LogP contribution in [0.2, 0.25) is 0 Å². The van der Waals surface area contributed by atoms with Gasteiger partial charge in [0, 0.05) is 32.9 Å². The highest BCUT2D eigenvalue weighted by atomic mass is 16.5. The van der Waals surface area contributed by atoms with Gasteiger partial charge >= 0.3 is 0 Å². The van der Waals surface area contributed by atoms with E-state index in [0.717, 1.165) is 99.8 Å². The number of amidine groups is 2. The second kappa shape index (κ2) is 14.3. The molecular formula is C52H37N3O2. The summed E-state index contributed by atoms with van der Waals surface area (Å²) < 4.78 is 13.1. The van der Waals surface area contributed by atoms with E-state index in [1.807, 2.05) is 60.7 Å². The van der Waals surface area contributed by atoms with Gasteiger partial charge in [-0.15, -0.1) is 0 Å². The molecule has 9 aromatic rings. The van der Waals surface area contributed by atoms with Gasteiger partial charge in [-0.1, -0.05) is 152 Å². The summed E-state index contributed by atoms with van der Waals surface area (Å²) in [5, 5.41) is 8.69. The molecular weight excluding hydrogens is 699 g/mol. The van der Waals surface area contributed by atoms with Gasteiger partial charge in [0.2, 0.25) is 0 Å². The van der Waals surface area contributed by atoms with Crippen LogP contribution in [0.4, 0.5) is 0 Å². The summed E-state index contributed by atoms with van der Waals surface area (Å²) >= 11 is 0. The molecule has 0 spiro atoms. The van der Waals surface area contributed by atoms with Crippen LogP contribution in [0.15, 0.2) is 203 Å². The van der Waals surface area contributed by atoms with E-state index in [1.54, 1.807) is 0 Å². The van der Waals surface area contributed by atoms with E-state index in [-0.39, 0.29) is 0 Å². The Morgan fingerprint density at radius 2 is 1.33 bits per heavy atom. The average Bonchev–Trinajstić information content (AvgIpc) is 3.66. The minimum absolute atomic E-state index is 0.359. The number of ether oxygens (including phenoxy) is 1. The summed E-state index contributed by atoms with van der Waals surface area (Å²) in [4.78, 5) is 10.2. The van der Waals surface area contributed by atoms with Gasteiger partial charge in [-0.05, 0) is 80.4 Å². The maximum atomic E-state index is 6.76. The summed E-state index contributed by atoms with van der Waals surface area (Å²) in [7, 11) is 0. The zero-order valence-electron chi connectivity index (χ0n) is 31.2. The Kier molecular flexibility index (Phi) is 8.53. The van der Waals surface area contributed by atoms with E-state index in [4.69, 9.17) is 24.9 Å². The fraction of sp³-hybridized carbons (Fsp3) is 0.0385. The number of hydrogen-bond donors (Lipinski definition) is 1. The maximum absolute atomic E-state index is 6.76. The lowest BCUT2D eigenvalue weighted by Gasteiger charge is -2.16. The van der Waals surface area contributed by atoms with Crippen molar-refractivity contribution in [2.45, 2.75) is 13.0 Å². The highest BCUT2D eigenvalue weighted by Crippen LogP contribution is 2.38. The summed E-state index contributed by atoms with van der Waals surface area (Å²) in [6, 6.07) is 54.0. The molecule has 1 aliphatic heterocycles. The number of hydrogen-bond acceptors (Lipinski definition) is 3. The molecule has 5 heteroatoms. The molecule has 0 radical (unpaired) electrons. The van der Waals surface area contributed by atoms with Gasteiger partial charge in [0.1, 0.15) is 28.5 Å². The van der Waals surface area contributed by atoms with Crippen LogP contribution in [-0.4, -0.2) is 11.7 Å². The van der Waals surface area contributed by atoms with Gasteiger partial charge in [0.25, 0.3) is 0 Å². The van der Waals surface area contributed by atoms with Crippen LogP contribution in [0.5, 0.6) is 5.75 Å². The summed E-state index contributed by atoms with van der Waals surface area (Å²) in [5.74, 6) is 2.38. The molecule has 1 aromatic heterocycles. The number of allylic oxidation sites excluding steroid dienone is 4. The van der Waals surface area contributed by atoms with Crippen LogP contribution < -0.4 is 10.5 Å². The van der Waals surface area contributed by atoms with Crippen LogP contribution in [0.25, 0.3) is 59.8 Å². The quantitative estimate of drug-likeness (QED) is 0.141. The van der Waals surface area contributed by atoms with Crippen LogP contribution >= 0.6 is 0 Å². The number of rotatable bonds is 5. The molecule has 5 nitrogen and oxygen atoms in total. The zero-order chi connectivity index (χ0) is 38.3. The molecule has 2 N–H and O–H groups in total. The van der Waals surface area contributed by atoms with E-state index in [9.17, 15) is 0 Å². The molecule has 0 atom stereocenters. The summed E-state index contributed by atoms with van der Waals surface area (Å²) in [6.07, 6.45) is 7.09. The number of furan rings is 1. The van der Waals surface area contributed by atoms with Crippen LogP contribution in [0, 0.1) is 0 Å². The van der Waals surface area contributed by atoms with Gasteiger partial charge < -0.3 is 14.9 Å². The van der Waals surface area contributed by atoms with Gasteiger partial charge in [0.05, 0.1) is 6.54 Å². The van der Waals surface area contributed by atoms with E-state index < -0.39 is 0 Å². The highest BCUT2D eigenvalue weighted by Gasteiger charge is 2.18. The van der Waals surface area contributed by atoms with Gasteiger partial charge in [-0.3, -0.25) is 4.99 Å². The third-order valence-corrected chi connectivity index (χ3v) is 10.8. The topological polar surface area (TPSA) is 73.1 Å². The fourth-order valence-electron chi connectivity index (χ4n) is 7.86. The van der Waals surface area contributed by atoms with Crippen molar-refractivity contribution in [3.05, 3.63) is 216 Å². The monoisotopic (exact) mass is 735 g/mol. The fourth-order valence-corrected chi connectivity index (χ4v) is 7.86. The lowest BCUT2D eigenvalue weighted by Crippen LogP contribution is -2.16. The highest BCUT2D eigenvalue weighted by molar-refractivity contribution is 6.13. The van der Waals surface area contributed by atoms with Crippen LogP contribution in [-0.2, 0) is 13.0 Å². The van der Waals surface area contributed by atoms with E-state index in [2.05, 4.69) is 122 Å². The largest absolute Gasteiger partial charge is 0.456 e. The first kappa shape index (κ1) is 34.0. The molecule has 0 saturated carbocycles. The maximum Gasteiger partial charge on any atom is 0.157 e. The molecule has 2 heterocycles. The molecule has 0 fully saturated rings. The molecule has 0 bridgehead atoms. The van der Waals surface area contributed by atoms with Crippen molar-refractivity contribution in [2.24, 2.45) is 15.7 Å². The van der Waals surface area contributed by atoms with Gasteiger partial charge in [0.15, 0.2) is 5.84 Å². The summed E-state index contributed by atoms with van der Waals surface area (Å²) in [6.45, 7) is 4.80. The lowest BCUT2D eigenvalue weighted by atomic mass is 9.99. The SMILES string of the molecule is C=C1Oc2c(ccc3ccccc23)C/C=C\C=C1c1ccc2oc3cccc(CN=C(N=C(N)c4ccc5ccccc5c4)c4ccc5ccccc5c4)c3c2c1. The number of benzene rings is 8. The Bertz CT molecular complexity index is 3200. The third kappa shape index (κ3) is 6.45. The standard InChI is InChI=1S/C52H37N3O2/c1-33-44(18-8-7-14-37-24-23-36-13-6-9-19-45(36)50(37)56-33)40-27-28-47-46(31-40)49-43(17-10-20-48(49)57-47)32-54-52(42-26-22-35-12-3-5-16-39(35)30-42)55-51(53)41-25-21-34-11-2-4-15-38(34)29-41/h2-13,15-31H,1,14,32H2,(H2,53,54,55)/b8-7-,44-18?. The Morgan fingerprint density at radius 3 is 2.14 bits per heavy atom. The Labute approximate surface area is 330 Å². The van der Waals surface area contributed by atoms with E-state index in [0.29, 0.717) is 24.0 Å². The predicted molar refractivity (Wildman–Crippen MR) is 237 cm³/mol. The molecule has 1 aliphatic rings. The normalized spacial score (nSPS) is 14.3. The molecule has 0 saturated heterocycles. The van der Waals surface area contributed by atoms with Crippen molar-refractivity contribution < 1.29 is 9.15 Å². The molecule has 0 aliphatic carbocycles. The first-order valence-corrected chi connectivity index (χ1v) is 19.1. The Hall–Kier alpha value is -7.50. The van der Waals surface area contributed by atoms with Gasteiger partial charge in [-0.2, -0.15) is 0 Å². The number of aliphatic imine (C=N–C) groups is 2. The second-order valence-electron chi connectivity index (χ2n) is 14.4. The number of fused-ring (bicyclic) bond motifs is 8. The molecule has 0 amide bonds. The van der Waals surface area contributed by atoms with E-state index in [1.165, 1.54) is 0 Å². The molecule has 8 aromatic carbocycles. The smallest absolute Gasteiger partial charge is 0.157 e. The van der Waals surface area contributed by atoms with Crippen molar-refractivity contribution in [1.29, 1.82) is 0 Å². The van der Waals surface area contributed by atoms with Crippen molar-refractivity contribution >= 4 is 71.5 Å². The lowest BCUT2D eigenvalue weighted by molar-refractivity contribution is 0.453. The Morgan fingerprint density at radius 1 is 0.632 bits per heavy atom. The van der Waals surface area contributed by atoms with Crippen molar-refractivity contribution in [1.82, 2.24) is 0 Å². The first-order valence-electron chi connectivity index (χ1n) is 19.1. The third-order valence-electron chi connectivity index (χ3n) is 10.8.